The van der Waals surface area contributed by atoms with E-state index < -0.39 is 0 Å². The normalized spacial score (nSPS) is 15.9. The molecule has 1 aromatic carbocycles. The molecule has 1 saturated heterocycles. The van der Waals surface area contributed by atoms with E-state index in [1.165, 1.54) is 37.1 Å². The van der Waals surface area contributed by atoms with E-state index in [1.54, 1.807) is 0 Å². The van der Waals surface area contributed by atoms with E-state index in [0.717, 1.165) is 32.0 Å². The molecule has 0 saturated carbocycles. The Balaban J connectivity index is 0.00000280. The van der Waals surface area contributed by atoms with Gasteiger partial charge in [-0.05, 0) is 49.5 Å². The summed E-state index contributed by atoms with van der Waals surface area (Å²) in [6.07, 6.45) is 7.63. The van der Waals surface area contributed by atoms with E-state index in [4.69, 9.17) is 0 Å². The lowest BCUT2D eigenvalue weighted by Crippen LogP contribution is -2.46. The first-order valence-corrected chi connectivity index (χ1v) is 10.0. The van der Waals surface area contributed by atoms with Gasteiger partial charge >= 0.3 is 0 Å². The van der Waals surface area contributed by atoms with Gasteiger partial charge in [0.15, 0.2) is 5.96 Å². The molecule has 1 aliphatic rings. The summed E-state index contributed by atoms with van der Waals surface area (Å²) in [4.78, 5) is 7.00. The number of nitrogens with one attached hydrogen (secondary N) is 2. The number of aliphatic imine (C=N–C) groups is 1. The molecule has 1 fully saturated rings. The summed E-state index contributed by atoms with van der Waals surface area (Å²) in [6.45, 7) is 7.19. The zero-order chi connectivity index (χ0) is 18.9. The van der Waals surface area contributed by atoms with Crippen molar-refractivity contribution in [2.24, 2.45) is 4.99 Å². The monoisotopic (exact) mass is 496 g/mol. The molecule has 0 spiro atoms. The van der Waals surface area contributed by atoms with Crippen molar-refractivity contribution in [3.05, 3.63) is 53.9 Å². The van der Waals surface area contributed by atoms with Gasteiger partial charge in [-0.2, -0.15) is 5.10 Å². The Kier molecular flexibility index (Phi) is 9.77. The van der Waals surface area contributed by atoms with Crippen LogP contribution in [0.5, 0.6) is 0 Å². The summed E-state index contributed by atoms with van der Waals surface area (Å²) in [7, 11) is 1.84. The zero-order valence-electron chi connectivity index (χ0n) is 17.0. The first kappa shape index (κ1) is 22.7. The van der Waals surface area contributed by atoms with Gasteiger partial charge in [0, 0.05) is 38.6 Å². The lowest BCUT2D eigenvalue weighted by molar-refractivity contribution is 0.236. The van der Waals surface area contributed by atoms with Gasteiger partial charge < -0.3 is 10.6 Å². The quantitative estimate of drug-likeness (QED) is 0.335. The van der Waals surface area contributed by atoms with Gasteiger partial charge in [0.2, 0.25) is 0 Å². The van der Waals surface area contributed by atoms with E-state index in [1.807, 2.05) is 30.2 Å². The van der Waals surface area contributed by atoms with Crippen LogP contribution >= 0.6 is 24.0 Å². The van der Waals surface area contributed by atoms with E-state index >= 15 is 0 Å². The molecule has 0 bridgehead atoms. The number of halogens is 1. The number of aromatic nitrogens is 2. The van der Waals surface area contributed by atoms with Crippen LogP contribution in [0.4, 0.5) is 0 Å². The van der Waals surface area contributed by atoms with E-state index in [0.29, 0.717) is 6.04 Å². The van der Waals surface area contributed by atoms with Crippen LogP contribution in [0, 0.1) is 0 Å². The molecule has 6 nitrogen and oxygen atoms in total. The fourth-order valence-corrected chi connectivity index (χ4v) is 3.71. The number of nitrogens with zero attached hydrogens (tertiary/aromatic N) is 4. The summed E-state index contributed by atoms with van der Waals surface area (Å²) >= 11 is 0. The van der Waals surface area contributed by atoms with Crippen molar-refractivity contribution in [1.82, 2.24) is 25.3 Å². The maximum atomic E-state index is 4.40. The Morgan fingerprint density at radius 2 is 1.89 bits per heavy atom. The Hall–Kier alpha value is -1.61. The maximum absolute atomic E-state index is 4.40. The van der Waals surface area contributed by atoms with Crippen molar-refractivity contribution < 1.29 is 0 Å². The zero-order valence-corrected chi connectivity index (χ0v) is 19.3. The third kappa shape index (κ3) is 6.48. The number of guanidine groups is 1. The van der Waals surface area contributed by atoms with Gasteiger partial charge in [-0.25, -0.2) is 0 Å². The largest absolute Gasteiger partial charge is 0.355 e. The highest BCUT2D eigenvalue weighted by Crippen LogP contribution is 2.13. The molecule has 0 aliphatic carbocycles. The van der Waals surface area contributed by atoms with Gasteiger partial charge in [0.05, 0.1) is 6.54 Å². The first-order valence-electron chi connectivity index (χ1n) is 10.0. The van der Waals surface area contributed by atoms with Gasteiger partial charge in [-0.3, -0.25) is 14.6 Å². The number of hydrogen-bond acceptors (Lipinski definition) is 3. The molecule has 7 heteroatoms. The molecule has 3 rings (SSSR count). The van der Waals surface area contributed by atoms with E-state index in [2.05, 4.69) is 56.8 Å². The summed E-state index contributed by atoms with van der Waals surface area (Å²) in [6, 6.07) is 11.0. The number of benzene rings is 1. The minimum atomic E-state index is 0. The average Bonchev–Trinajstić information content (AvgIpc) is 3.40. The lowest BCUT2D eigenvalue weighted by atomic mass is 10.1. The second-order valence-corrected chi connectivity index (χ2v) is 7.08. The van der Waals surface area contributed by atoms with Crippen molar-refractivity contribution in [1.29, 1.82) is 0 Å². The second-order valence-electron chi connectivity index (χ2n) is 7.08. The highest BCUT2D eigenvalue weighted by atomic mass is 127. The smallest absolute Gasteiger partial charge is 0.191 e. The molecule has 1 aliphatic heterocycles. The summed E-state index contributed by atoms with van der Waals surface area (Å²) < 4.78 is 1.95. The topological polar surface area (TPSA) is 57.5 Å². The van der Waals surface area contributed by atoms with Crippen LogP contribution in [0.3, 0.4) is 0 Å². The maximum Gasteiger partial charge on any atom is 0.191 e. The van der Waals surface area contributed by atoms with Gasteiger partial charge in [-0.15, -0.1) is 24.0 Å². The summed E-state index contributed by atoms with van der Waals surface area (Å²) in [5.41, 5.74) is 2.54. The predicted molar refractivity (Wildman–Crippen MR) is 126 cm³/mol. The Labute approximate surface area is 185 Å². The number of rotatable bonds is 8. The second kappa shape index (κ2) is 12.1. The van der Waals surface area contributed by atoms with Crippen molar-refractivity contribution in [3.63, 3.8) is 0 Å². The van der Waals surface area contributed by atoms with Crippen LogP contribution in [-0.4, -0.2) is 53.4 Å². The van der Waals surface area contributed by atoms with Crippen molar-refractivity contribution in [2.45, 2.75) is 45.3 Å². The van der Waals surface area contributed by atoms with Crippen LogP contribution in [-0.2, 0) is 13.1 Å². The minimum Gasteiger partial charge on any atom is -0.355 e. The fourth-order valence-electron chi connectivity index (χ4n) is 3.71. The van der Waals surface area contributed by atoms with Crippen LogP contribution in [0.15, 0.2) is 47.7 Å². The van der Waals surface area contributed by atoms with E-state index in [-0.39, 0.29) is 24.0 Å². The van der Waals surface area contributed by atoms with Gasteiger partial charge in [0.1, 0.15) is 0 Å². The molecule has 1 atom stereocenters. The highest BCUT2D eigenvalue weighted by Gasteiger charge is 2.20. The van der Waals surface area contributed by atoms with Gasteiger partial charge in [-0.1, -0.05) is 31.2 Å². The molecule has 2 N–H and O–H groups in total. The van der Waals surface area contributed by atoms with Crippen LogP contribution in [0.2, 0.25) is 0 Å². The van der Waals surface area contributed by atoms with Crippen molar-refractivity contribution >= 4 is 29.9 Å². The molecule has 28 heavy (non-hydrogen) atoms. The Bertz CT molecular complexity index is 709. The first-order chi connectivity index (χ1) is 13.3. The SMILES string of the molecule is CCC(CNC(=NC)NCc1ccccc1Cn1cccn1)N1CCCC1.I. The molecule has 2 heterocycles. The van der Waals surface area contributed by atoms with Crippen molar-refractivity contribution in [2.75, 3.05) is 26.7 Å². The molecule has 0 radical (unpaired) electrons. The standard InChI is InChI=1S/C21H32N6.HI/c1-3-20(26-12-6-7-13-26)16-24-21(22-2)23-15-18-9-4-5-10-19(18)17-27-14-8-11-25-27;/h4-5,8-11,14,20H,3,6-7,12-13,15-17H2,1-2H3,(H2,22,23,24);1H. The van der Waals surface area contributed by atoms with E-state index in [9.17, 15) is 0 Å². The Morgan fingerprint density at radius 3 is 2.54 bits per heavy atom. The fraction of sp³-hybridized carbons (Fsp3) is 0.524. The minimum absolute atomic E-state index is 0. The Morgan fingerprint density at radius 1 is 1.14 bits per heavy atom. The lowest BCUT2D eigenvalue weighted by Gasteiger charge is -2.27. The molecule has 1 aromatic heterocycles. The summed E-state index contributed by atoms with van der Waals surface area (Å²) in [5, 5.41) is 11.3. The number of likely N-dealkylation sites (tertiary alicyclic amines) is 1. The molecule has 0 amide bonds. The summed E-state index contributed by atoms with van der Waals surface area (Å²) in [5.74, 6) is 0.863. The number of hydrogen-bond donors (Lipinski definition) is 2. The highest BCUT2D eigenvalue weighted by molar-refractivity contribution is 14.0. The third-order valence-corrected chi connectivity index (χ3v) is 5.31. The van der Waals surface area contributed by atoms with Gasteiger partial charge in [0.25, 0.3) is 0 Å². The molecular formula is C21H33IN6. The molecule has 154 valence electrons. The van der Waals surface area contributed by atoms with Crippen LogP contribution in [0.1, 0.15) is 37.3 Å². The predicted octanol–water partition coefficient (Wildman–Crippen LogP) is 3.09. The third-order valence-electron chi connectivity index (χ3n) is 5.31. The molecule has 2 aromatic rings. The van der Waals surface area contributed by atoms with Crippen LogP contribution in [0.25, 0.3) is 0 Å². The van der Waals surface area contributed by atoms with Crippen molar-refractivity contribution in [3.8, 4) is 0 Å². The average molecular weight is 496 g/mol. The molecular weight excluding hydrogens is 463 g/mol. The molecule has 1 unspecified atom stereocenters. The van der Waals surface area contributed by atoms with Crippen LogP contribution < -0.4 is 10.6 Å².